The van der Waals surface area contributed by atoms with E-state index in [1.807, 2.05) is 146 Å². The third-order valence-electron chi connectivity index (χ3n) is 26.1. The van der Waals surface area contributed by atoms with E-state index in [9.17, 15) is 41.5 Å². The number of rotatable bonds is 29. The summed E-state index contributed by atoms with van der Waals surface area (Å²) in [5.74, 6) is -0.954. The van der Waals surface area contributed by atoms with Crippen molar-refractivity contribution in [2.24, 2.45) is 0 Å². The number of unbranched alkanes of at least 4 members (excludes halogenated alkanes) is 2. The number of hydrogen-bond acceptors (Lipinski definition) is 17. The molecule has 2 N–H and O–H groups in total. The summed E-state index contributed by atoms with van der Waals surface area (Å²) < 4.78 is 68.6. The van der Waals surface area contributed by atoms with Gasteiger partial charge >= 0.3 is 0 Å². The van der Waals surface area contributed by atoms with Crippen LogP contribution in [0.2, 0.25) is 0 Å². The van der Waals surface area contributed by atoms with Crippen molar-refractivity contribution in [2.45, 2.75) is 118 Å². The number of aromatic nitrogens is 12. The Morgan fingerprint density at radius 1 is 0.341 bits per heavy atom. The monoisotopic (exact) mass is 1860 g/mol. The first-order chi connectivity index (χ1) is 67.3. The number of aryl methyl sites for hydroxylation is 4. The maximum absolute atomic E-state index is 14.4. The van der Waals surface area contributed by atoms with Gasteiger partial charge in [0, 0.05) is 182 Å². The normalized spacial score (nSPS) is 14.1. The fraction of sp³-hybridized carbons (Fsp3) is 0.300. The van der Waals surface area contributed by atoms with Gasteiger partial charge in [0.1, 0.15) is 68.6 Å². The van der Waals surface area contributed by atoms with E-state index in [0.29, 0.717) is 107 Å². The van der Waals surface area contributed by atoms with Crippen molar-refractivity contribution in [2.75, 3.05) is 98.3 Å². The fourth-order valence-corrected chi connectivity index (χ4v) is 18.4. The number of nitrogens with one attached hydrogen (secondary N) is 2. The molecule has 0 saturated carbocycles. The van der Waals surface area contributed by atoms with Crippen molar-refractivity contribution in [1.82, 2.24) is 87.7 Å². The molecule has 24 nitrogen and oxygen atoms in total. The van der Waals surface area contributed by atoms with Crippen molar-refractivity contribution < 1.29 is 46.3 Å². The van der Waals surface area contributed by atoms with Crippen LogP contribution in [0.5, 0.6) is 0 Å². The summed E-state index contributed by atoms with van der Waals surface area (Å²) in [6.07, 6.45) is 36.2. The number of hydrogen-bond donors (Lipinski definition) is 2. The number of ketones is 2. The molecule has 0 aliphatic carbocycles. The molecular weight excluding hydrogens is 1750 g/mol. The molecule has 4 fully saturated rings. The molecule has 706 valence electrons. The SMILES string of the molecule is Cc1cc(-c2ncccc2-c2ccc3ncc(C(=O)CCCCN4CCCCC4)n3c2)ccc1F.Cc1cc(-c2ncccc2-c2ccc3ncc(C(=O)NCCCN4CCCC4=O)n3c2)ccc1F.Cc1cc(-c2ncccc2-c2ccc3ncc(C(=O)NCCN4CCCC4)n3c2)ccc1F.Cc1ccc(-c2cc3ncc(C(=O)CCCCN4CCOCC4)n3cc2-c2cccnc2)cc1F. The second-order valence-electron chi connectivity index (χ2n) is 35.7. The van der Waals surface area contributed by atoms with Crippen molar-refractivity contribution in [3.63, 3.8) is 0 Å². The lowest BCUT2D eigenvalue weighted by Crippen LogP contribution is -2.36. The van der Waals surface area contributed by atoms with Crippen LogP contribution < -0.4 is 10.6 Å². The quantitative estimate of drug-likeness (QED) is 0.0251. The van der Waals surface area contributed by atoms with Crippen LogP contribution in [0.25, 0.3) is 112 Å². The number of piperidine rings is 1. The molecule has 4 aliphatic rings. The maximum atomic E-state index is 14.4. The lowest BCUT2D eigenvalue weighted by atomic mass is 9.96. The van der Waals surface area contributed by atoms with Gasteiger partial charge in [0.25, 0.3) is 11.8 Å². The Balaban J connectivity index is 0.000000127. The molecule has 0 radical (unpaired) electrons. The van der Waals surface area contributed by atoms with E-state index in [0.717, 1.165) is 193 Å². The van der Waals surface area contributed by atoms with Crippen molar-refractivity contribution in [1.29, 1.82) is 0 Å². The van der Waals surface area contributed by atoms with Gasteiger partial charge in [0.2, 0.25) is 5.91 Å². The Hall–Kier alpha value is -14.5. The molecule has 4 saturated heterocycles. The first-order valence-corrected chi connectivity index (χ1v) is 47.7. The van der Waals surface area contributed by atoms with Crippen LogP contribution in [0.4, 0.5) is 17.6 Å². The molecular formula is C110H112F4N18O6. The van der Waals surface area contributed by atoms with Crippen LogP contribution in [-0.2, 0) is 9.53 Å². The highest BCUT2D eigenvalue weighted by atomic mass is 19.1. The summed E-state index contributed by atoms with van der Waals surface area (Å²) in [6, 6.07) is 49.1. The minimum absolute atomic E-state index is 0.0748. The maximum Gasteiger partial charge on any atom is 0.269 e. The highest BCUT2D eigenvalue weighted by Gasteiger charge is 2.26. The lowest BCUT2D eigenvalue weighted by molar-refractivity contribution is -0.127. The molecule has 0 spiro atoms. The third kappa shape index (κ3) is 22.9. The second kappa shape index (κ2) is 45.0. The number of nitrogens with zero attached hydrogens (tertiary/aromatic N) is 16. The van der Waals surface area contributed by atoms with E-state index in [2.05, 4.69) is 65.2 Å². The number of imidazole rings is 4. The van der Waals surface area contributed by atoms with Gasteiger partial charge in [-0.3, -0.25) is 66.4 Å². The van der Waals surface area contributed by atoms with Crippen LogP contribution in [-0.4, -0.2) is 205 Å². The number of carbonyl (C=O) groups is 5. The zero-order valence-corrected chi connectivity index (χ0v) is 78.2. The zero-order valence-electron chi connectivity index (χ0n) is 78.2. The van der Waals surface area contributed by atoms with Gasteiger partial charge < -0.3 is 30.1 Å². The van der Waals surface area contributed by atoms with E-state index < -0.39 is 0 Å². The Bertz CT molecular complexity index is 7060. The number of halogens is 4. The van der Waals surface area contributed by atoms with E-state index in [1.165, 1.54) is 63.4 Å². The first-order valence-electron chi connectivity index (χ1n) is 47.7. The van der Waals surface area contributed by atoms with Crippen molar-refractivity contribution >= 4 is 51.9 Å². The number of fused-ring (bicyclic) bond motifs is 4. The van der Waals surface area contributed by atoms with Crippen LogP contribution in [0.1, 0.15) is 154 Å². The zero-order chi connectivity index (χ0) is 95.5. The number of benzene rings is 4. The van der Waals surface area contributed by atoms with Gasteiger partial charge in [-0.1, -0.05) is 42.8 Å². The van der Waals surface area contributed by atoms with Crippen LogP contribution in [0.15, 0.2) is 244 Å². The molecule has 12 aromatic heterocycles. The van der Waals surface area contributed by atoms with Gasteiger partial charge in [-0.05, 0) is 292 Å². The summed E-state index contributed by atoms with van der Waals surface area (Å²) in [7, 11) is 0. The Kier molecular flexibility index (Phi) is 31.1. The third-order valence-corrected chi connectivity index (χ3v) is 26.1. The van der Waals surface area contributed by atoms with Crippen LogP contribution >= 0.6 is 0 Å². The number of carbonyl (C=O) groups excluding carboxylic acids is 5. The predicted molar refractivity (Wildman–Crippen MR) is 529 cm³/mol. The first kappa shape index (κ1) is 95.3. The molecule has 3 amide bonds. The summed E-state index contributed by atoms with van der Waals surface area (Å²) in [5, 5.41) is 5.96. The number of amides is 3. The Morgan fingerprint density at radius 2 is 0.775 bits per heavy atom. The topological polar surface area (TPSA) is 252 Å². The fourth-order valence-electron chi connectivity index (χ4n) is 18.4. The molecule has 20 rings (SSSR count). The van der Waals surface area contributed by atoms with E-state index in [-0.39, 0.29) is 52.6 Å². The lowest BCUT2D eigenvalue weighted by Gasteiger charge is -2.26. The van der Waals surface area contributed by atoms with E-state index >= 15 is 0 Å². The van der Waals surface area contributed by atoms with Gasteiger partial charge in [-0.15, -0.1) is 0 Å². The summed E-state index contributed by atoms with van der Waals surface area (Å²) in [4.78, 5) is 108. The van der Waals surface area contributed by atoms with Gasteiger partial charge in [-0.2, -0.15) is 0 Å². The largest absolute Gasteiger partial charge is 0.379 e. The molecule has 4 aliphatic heterocycles. The summed E-state index contributed by atoms with van der Waals surface area (Å²) in [5.41, 5.74) is 20.7. The van der Waals surface area contributed by atoms with Crippen LogP contribution in [0, 0.1) is 51.0 Å². The van der Waals surface area contributed by atoms with Crippen molar-refractivity contribution in [3.8, 4) is 89.4 Å². The molecule has 16 heterocycles. The van der Waals surface area contributed by atoms with Gasteiger partial charge in [0.05, 0.1) is 55.1 Å². The molecule has 0 atom stereocenters. The molecule has 0 unspecified atom stereocenters. The molecule has 0 bridgehead atoms. The molecule has 138 heavy (non-hydrogen) atoms. The Morgan fingerprint density at radius 3 is 1.25 bits per heavy atom. The molecule has 16 aromatic rings. The minimum atomic E-state index is -0.256. The molecule has 28 heteroatoms. The number of morpholine rings is 1. The van der Waals surface area contributed by atoms with Gasteiger partial charge in [0.15, 0.2) is 11.6 Å². The minimum Gasteiger partial charge on any atom is -0.379 e. The predicted octanol–water partition coefficient (Wildman–Crippen LogP) is 20.1. The van der Waals surface area contributed by atoms with E-state index in [4.69, 9.17) is 4.74 Å². The number of likely N-dealkylation sites (tertiary alicyclic amines) is 3. The summed E-state index contributed by atoms with van der Waals surface area (Å²) in [6.45, 7) is 20.6. The van der Waals surface area contributed by atoms with Crippen LogP contribution in [0.3, 0.4) is 0 Å². The number of Topliss-reactive ketones (excluding diaryl/α,β-unsaturated/α-hetero) is 2. The standard InChI is InChI=1S/C29H31FN4O.C28H29FN4O2.C27H26FN5O2.C26H26FN5O/c1-21-18-22(10-12-25(21)30)29-24(8-7-14-31-29)23-11-13-28-32-19-26(34(28)20-23)27(35)9-3-6-17-33-15-4-2-5-16-33;1-20-7-8-21(15-25(20)29)23-16-28-31-18-26(33(28)19-24(23)22-5-4-9-30-17-22)27(34)6-2-3-10-32-11-13-35-14-12-32;1-18-15-19(7-9-22(18)28)26-21(5-2-11-29-26)20-8-10-24-31-16-23(33(24)17-20)27(35)30-12-4-14-32-13-3-6-25(32)34;1-18-15-19(6-8-22(18)27)25-21(5-4-10-28-25)20-7-9-24-30-16-23(32(24)17-20)26(33)29-11-14-31-12-2-3-13-31/h7-8,10-14,18-20H,2-6,9,15-17H2,1H3;4-5,7-9,15-19H,2-3,6,10-14H2,1H3;2,5,7-11,15-17H,3-4,6,12-14H2,1H3,(H,30,35);4-10,15-17H,2-3,11-14H2,1H3,(H,29,33). The average molecular weight is 1860 g/mol. The smallest absolute Gasteiger partial charge is 0.269 e. The molecule has 4 aromatic carbocycles. The average Bonchev–Trinajstić information content (AvgIpc) is 1.58. The van der Waals surface area contributed by atoms with Crippen molar-refractivity contribution in [3.05, 3.63) is 313 Å². The van der Waals surface area contributed by atoms with E-state index in [1.54, 1.807) is 130 Å². The summed E-state index contributed by atoms with van der Waals surface area (Å²) >= 11 is 0. The number of pyridine rings is 8. The highest BCUT2D eigenvalue weighted by molar-refractivity contribution is 5.98. The highest BCUT2D eigenvalue weighted by Crippen LogP contribution is 2.39. The Labute approximate surface area is 799 Å². The second-order valence-corrected chi connectivity index (χ2v) is 35.7. The number of ether oxygens (including phenoxy) is 1. The van der Waals surface area contributed by atoms with Gasteiger partial charge in [-0.25, -0.2) is 37.5 Å².